The molecular formula is C10H13N3O3. The zero-order valence-corrected chi connectivity index (χ0v) is 8.70. The van der Waals surface area contributed by atoms with E-state index in [1.165, 1.54) is 12.4 Å². The summed E-state index contributed by atoms with van der Waals surface area (Å²) >= 11 is 0. The lowest BCUT2D eigenvalue weighted by atomic mass is 10.1. The SMILES string of the molecule is O=C(O)c1cnc(N2CCCC(O)C2)cn1. The highest BCUT2D eigenvalue weighted by Gasteiger charge is 2.19. The monoisotopic (exact) mass is 223 g/mol. The van der Waals surface area contributed by atoms with E-state index >= 15 is 0 Å². The number of carbonyl (C=O) groups is 1. The standard InChI is InChI=1S/C10H13N3O3/c14-7-2-1-3-13(6-7)9-5-11-8(4-12-9)10(15)16/h4-5,7,14H,1-3,6H2,(H,15,16). The Morgan fingerprint density at radius 3 is 2.81 bits per heavy atom. The largest absolute Gasteiger partial charge is 0.476 e. The van der Waals surface area contributed by atoms with Gasteiger partial charge in [0.05, 0.1) is 18.5 Å². The number of aliphatic hydroxyl groups excluding tert-OH is 1. The molecule has 2 heterocycles. The molecular weight excluding hydrogens is 210 g/mol. The molecule has 0 spiro atoms. The van der Waals surface area contributed by atoms with Crippen LogP contribution in [-0.2, 0) is 0 Å². The maximum atomic E-state index is 10.6. The van der Waals surface area contributed by atoms with E-state index in [-0.39, 0.29) is 11.8 Å². The average Bonchev–Trinajstić information content (AvgIpc) is 2.29. The van der Waals surface area contributed by atoms with E-state index in [1.54, 1.807) is 0 Å². The van der Waals surface area contributed by atoms with E-state index in [2.05, 4.69) is 9.97 Å². The number of hydrogen-bond donors (Lipinski definition) is 2. The third-order valence-corrected chi connectivity index (χ3v) is 2.58. The topological polar surface area (TPSA) is 86.5 Å². The van der Waals surface area contributed by atoms with E-state index in [4.69, 9.17) is 5.11 Å². The van der Waals surface area contributed by atoms with E-state index in [9.17, 15) is 9.90 Å². The van der Waals surface area contributed by atoms with Crippen LogP contribution in [0.5, 0.6) is 0 Å². The van der Waals surface area contributed by atoms with Crippen LogP contribution >= 0.6 is 0 Å². The van der Waals surface area contributed by atoms with Crippen molar-refractivity contribution in [3.8, 4) is 0 Å². The zero-order valence-electron chi connectivity index (χ0n) is 8.70. The van der Waals surface area contributed by atoms with Crippen molar-refractivity contribution in [2.45, 2.75) is 18.9 Å². The Morgan fingerprint density at radius 1 is 1.44 bits per heavy atom. The lowest BCUT2D eigenvalue weighted by molar-refractivity contribution is 0.0690. The smallest absolute Gasteiger partial charge is 0.356 e. The third-order valence-electron chi connectivity index (χ3n) is 2.58. The summed E-state index contributed by atoms with van der Waals surface area (Å²) in [5, 5.41) is 18.2. The maximum absolute atomic E-state index is 10.6. The van der Waals surface area contributed by atoms with Gasteiger partial charge in [-0.3, -0.25) is 0 Å². The first-order chi connectivity index (χ1) is 7.66. The van der Waals surface area contributed by atoms with Crippen molar-refractivity contribution in [3.63, 3.8) is 0 Å². The Hall–Kier alpha value is -1.69. The molecule has 1 unspecified atom stereocenters. The molecule has 2 N–H and O–H groups in total. The van der Waals surface area contributed by atoms with Gasteiger partial charge in [-0.1, -0.05) is 0 Å². The number of aliphatic hydroxyl groups is 1. The van der Waals surface area contributed by atoms with E-state index in [1.807, 2.05) is 4.90 Å². The maximum Gasteiger partial charge on any atom is 0.356 e. The summed E-state index contributed by atoms with van der Waals surface area (Å²) in [5.41, 5.74) is -0.0682. The number of rotatable bonds is 2. The van der Waals surface area contributed by atoms with Gasteiger partial charge in [0, 0.05) is 13.1 Å². The number of aromatic carboxylic acids is 1. The van der Waals surface area contributed by atoms with E-state index in [0.29, 0.717) is 12.4 Å². The Morgan fingerprint density at radius 2 is 2.25 bits per heavy atom. The molecule has 1 aliphatic heterocycles. The second-order valence-corrected chi connectivity index (χ2v) is 3.81. The van der Waals surface area contributed by atoms with Gasteiger partial charge in [-0.15, -0.1) is 0 Å². The molecule has 1 aliphatic rings. The normalized spacial score (nSPS) is 20.8. The van der Waals surface area contributed by atoms with Crippen LogP contribution in [0.3, 0.4) is 0 Å². The highest BCUT2D eigenvalue weighted by atomic mass is 16.4. The van der Waals surface area contributed by atoms with E-state index in [0.717, 1.165) is 19.4 Å². The molecule has 0 aliphatic carbocycles. The molecule has 0 saturated carbocycles. The molecule has 2 rings (SSSR count). The molecule has 1 aromatic rings. The molecule has 16 heavy (non-hydrogen) atoms. The van der Waals surface area contributed by atoms with Crippen LogP contribution in [0.15, 0.2) is 12.4 Å². The van der Waals surface area contributed by atoms with Crippen LogP contribution in [0.2, 0.25) is 0 Å². The first-order valence-electron chi connectivity index (χ1n) is 5.15. The predicted molar refractivity (Wildman–Crippen MR) is 56.4 cm³/mol. The zero-order chi connectivity index (χ0) is 11.5. The molecule has 1 saturated heterocycles. The summed E-state index contributed by atoms with van der Waals surface area (Å²) in [4.78, 5) is 20.3. The van der Waals surface area contributed by atoms with Gasteiger partial charge >= 0.3 is 5.97 Å². The molecule has 6 heteroatoms. The molecule has 86 valence electrons. The molecule has 1 fully saturated rings. The van der Waals surface area contributed by atoms with Crippen molar-refractivity contribution < 1.29 is 15.0 Å². The molecule has 1 aromatic heterocycles. The van der Waals surface area contributed by atoms with Crippen LogP contribution in [-0.4, -0.2) is 45.3 Å². The lowest BCUT2D eigenvalue weighted by Gasteiger charge is -2.30. The summed E-state index contributed by atoms with van der Waals surface area (Å²) in [6.45, 7) is 1.35. The van der Waals surface area contributed by atoms with Crippen molar-refractivity contribution in [3.05, 3.63) is 18.1 Å². The number of β-amino-alcohol motifs (C(OH)–C–C–N with tert-alkyl or cyclic N) is 1. The summed E-state index contributed by atoms with van der Waals surface area (Å²) in [5.74, 6) is -0.471. The van der Waals surface area contributed by atoms with Crippen LogP contribution in [0.25, 0.3) is 0 Å². The summed E-state index contributed by atoms with van der Waals surface area (Å²) in [6.07, 6.45) is 4.04. The number of anilines is 1. The summed E-state index contributed by atoms with van der Waals surface area (Å²) in [6, 6.07) is 0. The quantitative estimate of drug-likeness (QED) is 0.741. The molecule has 6 nitrogen and oxygen atoms in total. The van der Waals surface area contributed by atoms with Crippen molar-refractivity contribution in [2.75, 3.05) is 18.0 Å². The minimum Gasteiger partial charge on any atom is -0.476 e. The summed E-state index contributed by atoms with van der Waals surface area (Å²) < 4.78 is 0. The Labute approximate surface area is 92.6 Å². The lowest BCUT2D eigenvalue weighted by Crippen LogP contribution is -2.38. The Kier molecular flexibility index (Phi) is 3.00. The first-order valence-corrected chi connectivity index (χ1v) is 5.15. The van der Waals surface area contributed by atoms with Gasteiger partial charge < -0.3 is 15.1 Å². The number of piperidine rings is 1. The van der Waals surface area contributed by atoms with Gasteiger partial charge in [0.25, 0.3) is 0 Å². The number of aromatic nitrogens is 2. The molecule has 0 amide bonds. The van der Waals surface area contributed by atoms with Crippen molar-refractivity contribution in [1.29, 1.82) is 0 Å². The van der Waals surface area contributed by atoms with Crippen molar-refractivity contribution >= 4 is 11.8 Å². The Bertz CT molecular complexity index is 379. The van der Waals surface area contributed by atoms with Gasteiger partial charge in [0.2, 0.25) is 0 Å². The van der Waals surface area contributed by atoms with Gasteiger partial charge in [-0.25, -0.2) is 14.8 Å². The Balaban J connectivity index is 2.11. The molecule has 0 radical (unpaired) electrons. The number of nitrogens with zero attached hydrogens (tertiary/aromatic N) is 3. The fourth-order valence-electron chi connectivity index (χ4n) is 1.76. The van der Waals surface area contributed by atoms with Crippen molar-refractivity contribution in [2.24, 2.45) is 0 Å². The average molecular weight is 223 g/mol. The van der Waals surface area contributed by atoms with Gasteiger partial charge in [0.1, 0.15) is 5.82 Å². The second-order valence-electron chi connectivity index (χ2n) is 3.81. The minimum atomic E-state index is -1.09. The molecule has 0 aromatic carbocycles. The third kappa shape index (κ3) is 2.27. The first kappa shape index (κ1) is 10.8. The molecule has 1 atom stereocenters. The van der Waals surface area contributed by atoms with Gasteiger partial charge in [-0.2, -0.15) is 0 Å². The number of hydrogen-bond acceptors (Lipinski definition) is 5. The van der Waals surface area contributed by atoms with Crippen LogP contribution in [0.4, 0.5) is 5.82 Å². The minimum absolute atomic E-state index is 0.0682. The van der Waals surface area contributed by atoms with E-state index < -0.39 is 5.97 Å². The van der Waals surface area contributed by atoms with Crippen molar-refractivity contribution in [1.82, 2.24) is 9.97 Å². The highest BCUT2D eigenvalue weighted by molar-refractivity contribution is 5.84. The number of carboxylic acid groups (broad SMARTS) is 1. The van der Waals surface area contributed by atoms with Crippen LogP contribution in [0, 0.1) is 0 Å². The molecule has 0 bridgehead atoms. The van der Waals surface area contributed by atoms with Crippen LogP contribution in [0.1, 0.15) is 23.3 Å². The fourth-order valence-corrected chi connectivity index (χ4v) is 1.76. The highest BCUT2D eigenvalue weighted by Crippen LogP contribution is 2.16. The number of carboxylic acids is 1. The van der Waals surface area contributed by atoms with Crippen LogP contribution < -0.4 is 4.90 Å². The fraction of sp³-hybridized carbons (Fsp3) is 0.500. The van der Waals surface area contributed by atoms with Gasteiger partial charge in [-0.05, 0) is 12.8 Å². The van der Waals surface area contributed by atoms with Gasteiger partial charge in [0.15, 0.2) is 5.69 Å². The predicted octanol–water partition coefficient (Wildman–Crippen LogP) is 0.136. The second kappa shape index (κ2) is 4.44. The summed E-state index contributed by atoms with van der Waals surface area (Å²) in [7, 11) is 0.